The number of carbonyl (C=O) groups is 2. The fourth-order valence-corrected chi connectivity index (χ4v) is 3.27. The fourth-order valence-electron chi connectivity index (χ4n) is 3.27. The van der Waals surface area contributed by atoms with Gasteiger partial charge in [0.05, 0.1) is 19.2 Å². The normalized spacial score (nSPS) is 12.7. The predicted octanol–water partition coefficient (Wildman–Crippen LogP) is 2.32. The summed E-state index contributed by atoms with van der Waals surface area (Å²) in [5, 5.41) is 4.08. The molecule has 2 aromatic carbocycles. The van der Waals surface area contributed by atoms with E-state index in [1.54, 1.807) is 28.0 Å². The van der Waals surface area contributed by atoms with E-state index in [0.29, 0.717) is 24.2 Å². The van der Waals surface area contributed by atoms with Crippen molar-refractivity contribution in [3.8, 4) is 0 Å². The Morgan fingerprint density at radius 1 is 1.11 bits per heavy atom. The smallest absolute Gasteiger partial charge is 0.337 e. The van der Waals surface area contributed by atoms with Gasteiger partial charge in [0.15, 0.2) is 0 Å². The van der Waals surface area contributed by atoms with Crippen LogP contribution in [-0.2, 0) is 17.7 Å². The van der Waals surface area contributed by atoms with Gasteiger partial charge in [-0.25, -0.2) is 14.5 Å². The highest BCUT2D eigenvalue weighted by molar-refractivity contribution is 6.07. The van der Waals surface area contributed by atoms with E-state index in [4.69, 9.17) is 4.74 Å². The summed E-state index contributed by atoms with van der Waals surface area (Å²) in [6.45, 7) is 1.21. The van der Waals surface area contributed by atoms with Gasteiger partial charge < -0.3 is 9.64 Å². The number of rotatable bonds is 4. The Balaban J connectivity index is 1.52. The van der Waals surface area contributed by atoms with E-state index in [2.05, 4.69) is 10.1 Å². The van der Waals surface area contributed by atoms with E-state index in [-0.39, 0.29) is 11.9 Å². The van der Waals surface area contributed by atoms with Crippen LogP contribution in [-0.4, -0.2) is 40.3 Å². The molecule has 0 unspecified atom stereocenters. The third-order valence-corrected chi connectivity index (χ3v) is 4.65. The van der Waals surface area contributed by atoms with Gasteiger partial charge >= 0.3 is 5.97 Å². The highest BCUT2D eigenvalue weighted by atomic mass is 16.5. The molecule has 27 heavy (non-hydrogen) atoms. The molecule has 7 heteroatoms. The molecule has 3 aromatic rings. The largest absolute Gasteiger partial charge is 0.465 e. The first kappa shape index (κ1) is 17.0. The van der Waals surface area contributed by atoms with Crippen LogP contribution in [0.4, 0.5) is 5.69 Å². The summed E-state index contributed by atoms with van der Waals surface area (Å²) < 4.78 is 6.49. The number of aromatic nitrogens is 3. The Kier molecular flexibility index (Phi) is 4.42. The zero-order chi connectivity index (χ0) is 18.8. The molecule has 0 bridgehead atoms. The molecule has 0 saturated heterocycles. The second-order valence-corrected chi connectivity index (χ2v) is 6.33. The number of hydrogen-bond acceptors (Lipinski definition) is 5. The summed E-state index contributed by atoms with van der Waals surface area (Å²) >= 11 is 0. The first-order chi connectivity index (χ1) is 13.2. The molecule has 1 aromatic heterocycles. The van der Waals surface area contributed by atoms with Gasteiger partial charge in [-0.1, -0.05) is 12.1 Å². The van der Waals surface area contributed by atoms with Crippen LogP contribution < -0.4 is 4.90 Å². The Hall–Kier alpha value is -3.48. The van der Waals surface area contributed by atoms with Crippen molar-refractivity contribution in [2.45, 2.75) is 13.0 Å². The maximum absolute atomic E-state index is 12.9. The second-order valence-electron chi connectivity index (χ2n) is 6.33. The maximum Gasteiger partial charge on any atom is 0.337 e. The summed E-state index contributed by atoms with van der Waals surface area (Å²) in [6.07, 6.45) is 3.87. The zero-order valence-corrected chi connectivity index (χ0v) is 14.8. The van der Waals surface area contributed by atoms with E-state index in [9.17, 15) is 9.59 Å². The van der Waals surface area contributed by atoms with E-state index in [1.807, 2.05) is 30.3 Å². The van der Waals surface area contributed by atoms with E-state index in [0.717, 1.165) is 23.2 Å². The van der Waals surface area contributed by atoms with Gasteiger partial charge in [-0.05, 0) is 47.9 Å². The molecule has 1 aliphatic rings. The SMILES string of the molecule is COC(=O)c1ccc2c(c1)CCN2C(=O)c1ccc(Cn2cncn2)cc1. The van der Waals surface area contributed by atoms with E-state index in [1.165, 1.54) is 13.4 Å². The number of amides is 1. The molecular formula is C20H18N4O3. The van der Waals surface area contributed by atoms with Crippen LogP contribution in [0.15, 0.2) is 55.1 Å². The quantitative estimate of drug-likeness (QED) is 0.666. The molecule has 4 rings (SSSR count). The van der Waals surface area contributed by atoms with Crippen molar-refractivity contribution in [2.75, 3.05) is 18.6 Å². The highest BCUT2D eigenvalue weighted by Crippen LogP contribution is 2.30. The minimum atomic E-state index is -0.370. The van der Waals surface area contributed by atoms with Crippen molar-refractivity contribution in [3.63, 3.8) is 0 Å². The molecule has 0 aliphatic carbocycles. The number of fused-ring (bicyclic) bond motifs is 1. The average Bonchev–Trinajstić information content (AvgIpc) is 3.36. The topological polar surface area (TPSA) is 77.3 Å². The summed E-state index contributed by atoms with van der Waals surface area (Å²) in [5.41, 5.74) is 4.00. The second kappa shape index (κ2) is 7.03. The number of anilines is 1. The Bertz CT molecular complexity index is 981. The molecule has 1 aliphatic heterocycles. The zero-order valence-electron chi connectivity index (χ0n) is 14.8. The third-order valence-electron chi connectivity index (χ3n) is 4.65. The lowest BCUT2D eigenvalue weighted by Gasteiger charge is -2.18. The summed E-state index contributed by atoms with van der Waals surface area (Å²) in [4.78, 5) is 30.3. The Morgan fingerprint density at radius 3 is 2.59 bits per heavy atom. The number of ether oxygens (including phenoxy) is 1. The van der Waals surface area contributed by atoms with Crippen LogP contribution >= 0.6 is 0 Å². The minimum Gasteiger partial charge on any atom is -0.465 e. The van der Waals surface area contributed by atoms with Crippen molar-refractivity contribution in [2.24, 2.45) is 0 Å². The first-order valence-corrected chi connectivity index (χ1v) is 8.60. The number of methoxy groups -OCH3 is 1. The summed E-state index contributed by atoms with van der Waals surface area (Å²) in [5.74, 6) is -0.419. The molecule has 0 spiro atoms. The predicted molar refractivity (Wildman–Crippen MR) is 98.7 cm³/mol. The van der Waals surface area contributed by atoms with Crippen LogP contribution in [0, 0.1) is 0 Å². The number of carbonyl (C=O) groups excluding carboxylic acids is 2. The lowest BCUT2D eigenvalue weighted by molar-refractivity contribution is 0.0600. The summed E-state index contributed by atoms with van der Waals surface area (Å²) in [6, 6.07) is 12.8. The van der Waals surface area contributed by atoms with E-state index < -0.39 is 0 Å². The number of esters is 1. The van der Waals surface area contributed by atoms with Gasteiger partial charge in [0, 0.05) is 17.8 Å². The molecule has 0 radical (unpaired) electrons. The monoisotopic (exact) mass is 362 g/mol. The Labute approximate surface area is 156 Å². The molecule has 1 amide bonds. The van der Waals surface area contributed by atoms with Crippen molar-refractivity contribution in [1.29, 1.82) is 0 Å². The third kappa shape index (κ3) is 3.31. The lowest BCUT2D eigenvalue weighted by Crippen LogP contribution is -2.28. The lowest BCUT2D eigenvalue weighted by atomic mass is 10.1. The fraction of sp³-hybridized carbons (Fsp3) is 0.200. The van der Waals surface area contributed by atoms with Crippen molar-refractivity contribution < 1.29 is 14.3 Å². The average molecular weight is 362 g/mol. The van der Waals surface area contributed by atoms with Gasteiger partial charge in [-0.3, -0.25) is 4.79 Å². The van der Waals surface area contributed by atoms with Crippen molar-refractivity contribution in [3.05, 3.63) is 77.4 Å². The van der Waals surface area contributed by atoms with Crippen molar-refractivity contribution >= 4 is 17.6 Å². The van der Waals surface area contributed by atoms with Crippen LogP contribution in [0.2, 0.25) is 0 Å². The number of nitrogens with zero attached hydrogens (tertiary/aromatic N) is 4. The van der Waals surface area contributed by atoms with Crippen LogP contribution in [0.1, 0.15) is 31.8 Å². The molecule has 0 saturated carbocycles. The van der Waals surface area contributed by atoms with Crippen molar-refractivity contribution in [1.82, 2.24) is 14.8 Å². The van der Waals surface area contributed by atoms with Gasteiger partial charge in [-0.15, -0.1) is 0 Å². The molecule has 7 nitrogen and oxygen atoms in total. The van der Waals surface area contributed by atoms with Gasteiger partial charge in [0.25, 0.3) is 5.91 Å². The van der Waals surface area contributed by atoms with Gasteiger partial charge in [0.2, 0.25) is 0 Å². The number of hydrogen-bond donors (Lipinski definition) is 0. The van der Waals surface area contributed by atoms with Crippen LogP contribution in [0.25, 0.3) is 0 Å². The van der Waals surface area contributed by atoms with Gasteiger partial charge in [-0.2, -0.15) is 5.10 Å². The van der Waals surface area contributed by atoms with Crippen LogP contribution in [0.5, 0.6) is 0 Å². The maximum atomic E-state index is 12.9. The molecule has 0 N–H and O–H groups in total. The molecule has 0 atom stereocenters. The molecule has 2 heterocycles. The van der Waals surface area contributed by atoms with Crippen LogP contribution in [0.3, 0.4) is 0 Å². The minimum absolute atomic E-state index is 0.0492. The molecule has 0 fully saturated rings. The Morgan fingerprint density at radius 2 is 1.89 bits per heavy atom. The summed E-state index contributed by atoms with van der Waals surface area (Å²) in [7, 11) is 1.36. The highest BCUT2D eigenvalue weighted by Gasteiger charge is 2.26. The molecule has 136 valence electrons. The standard InChI is InChI=1S/C20H18N4O3/c1-27-20(26)17-6-7-18-16(10-17)8-9-24(18)19(25)15-4-2-14(3-5-15)11-23-13-21-12-22-23/h2-7,10,12-13H,8-9,11H2,1H3. The van der Waals surface area contributed by atoms with Gasteiger partial charge in [0.1, 0.15) is 12.7 Å². The first-order valence-electron chi connectivity index (χ1n) is 8.60. The van der Waals surface area contributed by atoms with E-state index >= 15 is 0 Å². The molecular weight excluding hydrogens is 344 g/mol. The number of benzene rings is 2.